The molecule has 0 spiro atoms. The van der Waals surface area contributed by atoms with Crippen LogP contribution in [0.25, 0.3) is 0 Å². The Labute approximate surface area is 165 Å². The van der Waals surface area contributed by atoms with E-state index in [9.17, 15) is 13.2 Å². The summed E-state index contributed by atoms with van der Waals surface area (Å²) < 4.78 is 33.2. The van der Waals surface area contributed by atoms with E-state index in [1.54, 1.807) is 12.1 Å². The lowest BCUT2D eigenvalue weighted by atomic mass is 10.1. The van der Waals surface area contributed by atoms with Crippen LogP contribution in [0, 0.1) is 0 Å². The largest absolute Gasteiger partial charge is 0.377 e. The van der Waals surface area contributed by atoms with Crippen molar-refractivity contribution in [3.8, 4) is 0 Å². The Morgan fingerprint density at radius 1 is 1.11 bits per heavy atom. The number of aryl methyl sites for hydroxylation is 1. The topological polar surface area (TPSA) is 84.5 Å². The predicted molar refractivity (Wildman–Crippen MR) is 106 cm³/mol. The van der Waals surface area contributed by atoms with Gasteiger partial charge in [0.15, 0.2) is 0 Å². The second-order valence-corrected chi connectivity index (χ2v) is 9.05. The number of carbonyl (C=O) groups excluding carboxylic acids is 1. The van der Waals surface area contributed by atoms with Gasteiger partial charge in [-0.2, -0.15) is 0 Å². The fourth-order valence-electron chi connectivity index (χ4n) is 3.84. The van der Waals surface area contributed by atoms with Crippen LogP contribution in [0.15, 0.2) is 53.4 Å². The molecule has 2 unspecified atom stereocenters. The van der Waals surface area contributed by atoms with E-state index in [-0.39, 0.29) is 29.5 Å². The molecule has 4 rings (SSSR count). The monoisotopic (exact) mass is 400 g/mol. The Hall–Kier alpha value is -2.22. The molecule has 28 heavy (non-hydrogen) atoms. The third-order valence-corrected chi connectivity index (χ3v) is 6.79. The first kappa shape index (κ1) is 19.1. The number of nitrogens with one attached hydrogen (secondary N) is 2. The van der Waals surface area contributed by atoms with Crippen molar-refractivity contribution in [1.29, 1.82) is 0 Å². The second-order valence-electron chi connectivity index (χ2n) is 7.28. The molecule has 2 aliphatic rings. The van der Waals surface area contributed by atoms with Crippen molar-refractivity contribution in [2.45, 2.75) is 42.7 Å². The first-order valence-corrected chi connectivity index (χ1v) is 11.1. The molecule has 6 nitrogen and oxygen atoms in total. The van der Waals surface area contributed by atoms with Gasteiger partial charge in [-0.1, -0.05) is 30.3 Å². The van der Waals surface area contributed by atoms with Gasteiger partial charge in [-0.15, -0.1) is 0 Å². The van der Waals surface area contributed by atoms with Gasteiger partial charge >= 0.3 is 0 Å². The minimum Gasteiger partial charge on any atom is -0.377 e. The maximum absolute atomic E-state index is 12.7. The van der Waals surface area contributed by atoms with Gasteiger partial charge in [0, 0.05) is 18.7 Å². The van der Waals surface area contributed by atoms with E-state index in [4.69, 9.17) is 4.74 Å². The molecule has 1 saturated heterocycles. The zero-order chi connectivity index (χ0) is 19.6. The van der Waals surface area contributed by atoms with E-state index in [1.165, 1.54) is 17.7 Å². The van der Waals surface area contributed by atoms with Gasteiger partial charge in [0.25, 0.3) is 5.91 Å². The highest BCUT2D eigenvalue weighted by Crippen LogP contribution is 2.31. The van der Waals surface area contributed by atoms with Crippen LogP contribution in [0.3, 0.4) is 0 Å². The lowest BCUT2D eigenvalue weighted by Crippen LogP contribution is -2.32. The van der Waals surface area contributed by atoms with Crippen LogP contribution in [-0.4, -0.2) is 33.6 Å². The molecule has 1 aliphatic carbocycles. The first-order chi connectivity index (χ1) is 13.5. The lowest BCUT2D eigenvalue weighted by molar-refractivity contribution is 0.0936. The fourth-order valence-corrected chi connectivity index (χ4v) is 4.96. The van der Waals surface area contributed by atoms with Crippen LogP contribution >= 0.6 is 0 Å². The van der Waals surface area contributed by atoms with E-state index in [0.717, 1.165) is 31.2 Å². The Bertz CT molecular complexity index is 968. The molecular weight excluding hydrogens is 376 g/mol. The third kappa shape index (κ3) is 4.11. The number of hydrogen-bond donors (Lipinski definition) is 2. The van der Waals surface area contributed by atoms with Crippen LogP contribution in [0.2, 0.25) is 0 Å². The summed E-state index contributed by atoms with van der Waals surface area (Å²) in [5, 5.41) is 3.03. The van der Waals surface area contributed by atoms with Gasteiger partial charge in [0.2, 0.25) is 10.0 Å². The van der Waals surface area contributed by atoms with Crippen LogP contribution in [0.1, 0.15) is 46.8 Å². The zero-order valence-electron chi connectivity index (χ0n) is 15.6. The van der Waals surface area contributed by atoms with E-state index in [1.807, 2.05) is 18.2 Å². The molecule has 0 aromatic heterocycles. The molecule has 0 radical (unpaired) electrons. The minimum atomic E-state index is -3.69. The smallest absolute Gasteiger partial charge is 0.251 e. The number of amides is 1. The maximum Gasteiger partial charge on any atom is 0.251 e. The Kier molecular flexibility index (Phi) is 5.48. The van der Waals surface area contributed by atoms with Gasteiger partial charge in [-0.05, 0) is 55.0 Å². The number of ether oxygens (including phenoxy) is 1. The maximum atomic E-state index is 12.7. The number of benzene rings is 2. The predicted octanol–water partition coefficient (Wildman–Crippen LogP) is 2.56. The van der Waals surface area contributed by atoms with Crippen molar-refractivity contribution >= 4 is 15.9 Å². The molecule has 1 heterocycles. The highest BCUT2D eigenvalue weighted by molar-refractivity contribution is 7.89. The van der Waals surface area contributed by atoms with Crippen LogP contribution in [-0.2, 0) is 21.2 Å². The molecule has 1 fully saturated rings. The number of hydrogen-bond acceptors (Lipinski definition) is 4. The molecular formula is C21H24N2O4S. The molecule has 1 amide bonds. The number of sulfonamides is 1. The van der Waals surface area contributed by atoms with Gasteiger partial charge in [-0.3, -0.25) is 4.79 Å². The molecule has 7 heteroatoms. The van der Waals surface area contributed by atoms with E-state index in [2.05, 4.69) is 16.1 Å². The summed E-state index contributed by atoms with van der Waals surface area (Å²) >= 11 is 0. The van der Waals surface area contributed by atoms with Crippen molar-refractivity contribution in [3.05, 3.63) is 65.2 Å². The zero-order valence-corrected chi connectivity index (χ0v) is 16.4. The Morgan fingerprint density at radius 2 is 1.96 bits per heavy atom. The van der Waals surface area contributed by atoms with Crippen molar-refractivity contribution < 1.29 is 17.9 Å². The Balaban J connectivity index is 1.45. The molecule has 1 aliphatic heterocycles. The van der Waals surface area contributed by atoms with Gasteiger partial charge in [0.1, 0.15) is 0 Å². The fraction of sp³-hybridized carbons (Fsp3) is 0.381. The normalized spacial score (nSPS) is 21.4. The molecule has 0 saturated carbocycles. The quantitative estimate of drug-likeness (QED) is 0.781. The first-order valence-electron chi connectivity index (χ1n) is 9.63. The van der Waals surface area contributed by atoms with Gasteiger partial charge in [-0.25, -0.2) is 13.1 Å². The third-order valence-electron chi connectivity index (χ3n) is 5.37. The SMILES string of the molecule is O=C(NC1CCc2ccccc21)c1cccc(S(=O)(=O)NCC2CCCO2)c1. The summed E-state index contributed by atoms with van der Waals surface area (Å²) in [5.74, 6) is -0.266. The average Bonchev–Trinajstić information content (AvgIpc) is 3.37. The molecule has 2 aromatic rings. The molecule has 0 bridgehead atoms. The minimum absolute atomic E-state index is 0.0402. The number of rotatable bonds is 6. The highest BCUT2D eigenvalue weighted by atomic mass is 32.2. The summed E-state index contributed by atoms with van der Waals surface area (Å²) in [5.41, 5.74) is 2.73. The summed E-state index contributed by atoms with van der Waals surface area (Å²) in [6.45, 7) is 0.921. The molecule has 2 aromatic carbocycles. The van der Waals surface area contributed by atoms with Gasteiger partial charge in [0.05, 0.1) is 17.0 Å². The van der Waals surface area contributed by atoms with Crippen molar-refractivity contribution in [1.82, 2.24) is 10.0 Å². The second kappa shape index (κ2) is 8.03. The Morgan fingerprint density at radius 3 is 2.79 bits per heavy atom. The lowest BCUT2D eigenvalue weighted by Gasteiger charge is -2.15. The van der Waals surface area contributed by atoms with E-state index in [0.29, 0.717) is 12.2 Å². The van der Waals surface area contributed by atoms with E-state index < -0.39 is 10.0 Å². The van der Waals surface area contributed by atoms with Crippen molar-refractivity contribution in [3.63, 3.8) is 0 Å². The highest BCUT2D eigenvalue weighted by Gasteiger charge is 2.25. The standard InChI is InChI=1S/C21H24N2O4S/c24-21(23-20-11-10-15-5-1-2-9-19(15)20)16-6-3-8-18(13-16)28(25,26)22-14-17-7-4-12-27-17/h1-3,5-6,8-9,13,17,20,22H,4,7,10-12,14H2,(H,23,24). The summed E-state index contributed by atoms with van der Waals surface area (Å²) in [6, 6.07) is 14.2. The average molecular weight is 401 g/mol. The summed E-state index contributed by atoms with van der Waals surface area (Å²) in [6.07, 6.45) is 3.51. The summed E-state index contributed by atoms with van der Waals surface area (Å²) in [4.78, 5) is 12.8. The molecule has 148 valence electrons. The van der Waals surface area contributed by atoms with E-state index >= 15 is 0 Å². The van der Waals surface area contributed by atoms with Crippen LogP contribution in [0.4, 0.5) is 0 Å². The van der Waals surface area contributed by atoms with Crippen molar-refractivity contribution in [2.75, 3.05) is 13.2 Å². The summed E-state index contributed by atoms with van der Waals surface area (Å²) in [7, 11) is -3.69. The number of carbonyl (C=O) groups is 1. The number of fused-ring (bicyclic) bond motifs is 1. The molecule has 2 N–H and O–H groups in total. The van der Waals surface area contributed by atoms with Gasteiger partial charge < -0.3 is 10.1 Å². The van der Waals surface area contributed by atoms with Crippen molar-refractivity contribution in [2.24, 2.45) is 0 Å². The van der Waals surface area contributed by atoms with Crippen LogP contribution in [0.5, 0.6) is 0 Å². The molecule has 2 atom stereocenters. The van der Waals surface area contributed by atoms with Crippen LogP contribution < -0.4 is 10.0 Å².